The smallest absolute Gasteiger partial charge is 0.218 e. The molecule has 0 radical (unpaired) electrons. The molecule has 0 saturated heterocycles. The zero-order valence-electron chi connectivity index (χ0n) is 16.0. The number of hydrogen-bond donors (Lipinski definition) is 2. The maximum Gasteiger partial charge on any atom is 0.218 e. The van der Waals surface area contributed by atoms with Gasteiger partial charge in [-0.3, -0.25) is 9.67 Å². The summed E-state index contributed by atoms with van der Waals surface area (Å²) in [5.41, 5.74) is 3.15. The molecule has 0 fully saturated rings. The highest BCUT2D eigenvalue weighted by Gasteiger charge is 2.07. The minimum absolute atomic E-state index is 0. The number of pyridine rings is 1. The monoisotopic (exact) mass is 492 g/mol. The fourth-order valence-corrected chi connectivity index (χ4v) is 2.56. The topological polar surface area (TPSA) is 76.4 Å². The van der Waals surface area contributed by atoms with E-state index in [9.17, 15) is 0 Å². The average molecular weight is 492 g/mol. The van der Waals surface area contributed by atoms with Crippen LogP contribution in [0.5, 0.6) is 5.88 Å². The van der Waals surface area contributed by atoms with Crippen LogP contribution in [0.25, 0.3) is 0 Å². The minimum Gasteiger partial charge on any atom is -0.473 e. The number of ether oxygens (including phenoxy) is 1. The lowest BCUT2D eigenvalue weighted by Gasteiger charge is -2.14. The summed E-state index contributed by atoms with van der Waals surface area (Å²) in [7, 11) is 3.66. The third-order valence-electron chi connectivity index (χ3n) is 4.10. The second kappa shape index (κ2) is 11.3. The molecule has 0 aliphatic heterocycles. The van der Waals surface area contributed by atoms with Gasteiger partial charge in [0.2, 0.25) is 5.88 Å². The number of nitrogens with zero attached hydrogens (tertiary/aromatic N) is 4. The first-order chi connectivity index (χ1) is 13.3. The van der Waals surface area contributed by atoms with Gasteiger partial charge in [0.25, 0.3) is 0 Å². The molecule has 148 valence electrons. The van der Waals surface area contributed by atoms with Gasteiger partial charge in [0.1, 0.15) is 6.61 Å². The van der Waals surface area contributed by atoms with Crippen LogP contribution in [0.15, 0.2) is 65.9 Å². The summed E-state index contributed by atoms with van der Waals surface area (Å²) in [6.07, 6.45) is 3.51. The van der Waals surface area contributed by atoms with Crippen LogP contribution in [0.3, 0.4) is 0 Å². The van der Waals surface area contributed by atoms with E-state index < -0.39 is 0 Å². The van der Waals surface area contributed by atoms with Crippen molar-refractivity contribution in [1.82, 2.24) is 25.4 Å². The predicted octanol–water partition coefficient (Wildman–Crippen LogP) is 2.88. The minimum atomic E-state index is 0. The van der Waals surface area contributed by atoms with E-state index in [1.165, 1.54) is 0 Å². The normalized spacial score (nSPS) is 10.9. The van der Waals surface area contributed by atoms with Crippen LogP contribution >= 0.6 is 24.0 Å². The highest BCUT2D eigenvalue weighted by atomic mass is 127. The number of halogens is 1. The Labute approximate surface area is 182 Å². The van der Waals surface area contributed by atoms with Gasteiger partial charge in [-0.05, 0) is 17.7 Å². The summed E-state index contributed by atoms with van der Waals surface area (Å²) in [5.74, 6) is 1.32. The summed E-state index contributed by atoms with van der Waals surface area (Å²) < 4.78 is 7.73. The lowest BCUT2D eigenvalue weighted by Crippen LogP contribution is -2.36. The predicted molar refractivity (Wildman–Crippen MR) is 121 cm³/mol. The van der Waals surface area contributed by atoms with Gasteiger partial charge in [-0.2, -0.15) is 5.10 Å². The van der Waals surface area contributed by atoms with Gasteiger partial charge in [0, 0.05) is 38.6 Å². The molecule has 28 heavy (non-hydrogen) atoms. The number of nitrogens with one attached hydrogen (secondary N) is 2. The highest BCUT2D eigenvalue weighted by molar-refractivity contribution is 14.0. The molecule has 7 nitrogen and oxygen atoms in total. The molecular weight excluding hydrogens is 467 g/mol. The molecule has 0 spiro atoms. The maximum atomic E-state index is 5.90. The zero-order chi connectivity index (χ0) is 18.9. The van der Waals surface area contributed by atoms with E-state index in [0.717, 1.165) is 16.8 Å². The Hall–Kier alpha value is -2.62. The van der Waals surface area contributed by atoms with Crippen LogP contribution in [0.4, 0.5) is 0 Å². The van der Waals surface area contributed by atoms with Crippen LogP contribution in [0.2, 0.25) is 0 Å². The molecule has 0 atom stereocenters. The molecule has 0 aliphatic carbocycles. The van der Waals surface area contributed by atoms with E-state index in [-0.39, 0.29) is 24.0 Å². The fraction of sp³-hybridized carbons (Fsp3) is 0.250. The number of aryl methyl sites for hydroxylation is 1. The van der Waals surface area contributed by atoms with Crippen molar-refractivity contribution >= 4 is 29.9 Å². The Bertz CT molecular complexity index is 881. The SMILES string of the molecule is CN=C(NCc1cccnc1OCc1ccccc1)NCc1ccnn1C.I. The first kappa shape index (κ1) is 21.7. The van der Waals surface area contributed by atoms with Gasteiger partial charge in [-0.25, -0.2) is 4.98 Å². The van der Waals surface area contributed by atoms with Crippen molar-refractivity contribution in [1.29, 1.82) is 0 Å². The van der Waals surface area contributed by atoms with Gasteiger partial charge in [-0.15, -0.1) is 24.0 Å². The molecule has 2 aromatic heterocycles. The standard InChI is InChI=1S/C20H24N6O.HI/c1-21-20(24-14-18-10-12-25-26(18)2)23-13-17-9-6-11-22-19(17)27-15-16-7-4-3-5-8-16;/h3-12H,13-15H2,1-2H3,(H2,21,23,24);1H. The van der Waals surface area contributed by atoms with E-state index in [1.807, 2.05) is 60.3 Å². The molecule has 1 aromatic carbocycles. The van der Waals surface area contributed by atoms with Crippen LogP contribution < -0.4 is 15.4 Å². The Morgan fingerprint density at radius 2 is 1.82 bits per heavy atom. The summed E-state index contributed by atoms with van der Waals surface area (Å²) in [4.78, 5) is 8.62. The first-order valence-electron chi connectivity index (χ1n) is 8.78. The quantitative estimate of drug-likeness (QED) is 0.302. The van der Waals surface area contributed by atoms with Crippen LogP contribution in [-0.2, 0) is 26.7 Å². The zero-order valence-corrected chi connectivity index (χ0v) is 18.3. The van der Waals surface area contributed by atoms with Crippen molar-refractivity contribution in [3.63, 3.8) is 0 Å². The largest absolute Gasteiger partial charge is 0.473 e. The number of aliphatic imine (C=N–C) groups is 1. The molecular formula is C20H25IN6O. The van der Waals surface area contributed by atoms with Crippen molar-refractivity contribution in [2.45, 2.75) is 19.7 Å². The number of benzene rings is 1. The number of aromatic nitrogens is 3. The van der Waals surface area contributed by atoms with Crippen molar-refractivity contribution < 1.29 is 4.74 Å². The fourth-order valence-electron chi connectivity index (χ4n) is 2.56. The average Bonchev–Trinajstić information content (AvgIpc) is 3.13. The van der Waals surface area contributed by atoms with Gasteiger partial charge >= 0.3 is 0 Å². The van der Waals surface area contributed by atoms with Crippen LogP contribution in [0, 0.1) is 0 Å². The Morgan fingerprint density at radius 1 is 1.04 bits per heavy atom. The number of hydrogen-bond acceptors (Lipinski definition) is 4. The summed E-state index contributed by atoms with van der Waals surface area (Å²) in [5, 5.41) is 10.7. The first-order valence-corrected chi connectivity index (χ1v) is 8.78. The molecule has 0 aliphatic rings. The Kier molecular flexibility index (Phi) is 8.73. The molecule has 3 rings (SSSR count). The molecule has 0 bridgehead atoms. The van der Waals surface area contributed by atoms with Crippen molar-refractivity contribution in [2.75, 3.05) is 7.05 Å². The lowest BCUT2D eigenvalue weighted by molar-refractivity contribution is 0.290. The third kappa shape index (κ3) is 6.22. The van der Waals surface area contributed by atoms with Crippen molar-refractivity contribution in [2.24, 2.45) is 12.0 Å². The van der Waals surface area contributed by atoms with E-state index in [0.29, 0.717) is 31.5 Å². The lowest BCUT2D eigenvalue weighted by atomic mass is 10.2. The summed E-state index contributed by atoms with van der Waals surface area (Å²) in [6, 6.07) is 15.9. The van der Waals surface area contributed by atoms with E-state index in [4.69, 9.17) is 4.74 Å². The van der Waals surface area contributed by atoms with Gasteiger partial charge in [0.15, 0.2) is 5.96 Å². The molecule has 2 N–H and O–H groups in total. The van der Waals surface area contributed by atoms with Gasteiger partial charge in [0.05, 0.1) is 12.2 Å². The second-order valence-corrected chi connectivity index (χ2v) is 5.97. The molecule has 0 unspecified atom stereocenters. The molecule has 2 heterocycles. The highest BCUT2D eigenvalue weighted by Crippen LogP contribution is 2.15. The Balaban J connectivity index is 0.00000280. The number of guanidine groups is 1. The summed E-state index contributed by atoms with van der Waals surface area (Å²) >= 11 is 0. The third-order valence-corrected chi connectivity index (χ3v) is 4.10. The van der Waals surface area contributed by atoms with Crippen LogP contribution in [-0.4, -0.2) is 27.8 Å². The molecule has 0 saturated carbocycles. The molecule has 8 heteroatoms. The summed E-state index contributed by atoms with van der Waals surface area (Å²) in [6.45, 7) is 1.68. The maximum absolute atomic E-state index is 5.90. The Morgan fingerprint density at radius 3 is 2.54 bits per heavy atom. The van der Waals surface area contributed by atoms with Crippen LogP contribution in [0.1, 0.15) is 16.8 Å². The van der Waals surface area contributed by atoms with Crippen molar-refractivity contribution in [3.8, 4) is 5.88 Å². The molecule has 3 aromatic rings. The van der Waals surface area contributed by atoms with Gasteiger partial charge < -0.3 is 15.4 Å². The van der Waals surface area contributed by atoms with Gasteiger partial charge in [-0.1, -0.05) is 36.4 Å². The second-order valence-electron chi connectivity index (χ2n) is 5.97. The van der Waals surface area contributed by atoms with Crippen molar-refractivity contribution in [3.05, 3.63) is 77.7 Å². The van der Waals surface area contributed by atoms with E-state index >= 15 is 0 Å². The molecule has 0 amide bonds. The van der Waals surface area contributed by atoms with E-state index in [2.05, 4.69) is 25.7 Å². The van der Waals surface area contributed by atoms with E-state index in [1.54, 1.807) is 19.4 Å². The number of rotatable bonds is 7.